The summed E-state index contributed by atoms with van der Waals surface area (Å²) in [5.74, 6) is 3.49. The molecule has 0 bridgehead atoms. The molecule has 0 N–H and O–H groups in total. The maximum absolute atomic E-state index is 11.3. The van der Waals surface area contributed by atoms with Crippen molar-refractivity contribution in [2.24, 2.45) is 0 Å². The number of hydrogen-bond acceptors (Lipinski definition) is 6. The maximum atomic E-state index is 11.3. The summed E-state index contributed by atoms with van der Waals surface area (Å²) in [5, 5.41) is 20.0. The second kappa shape index (κ2) is 9.45. The number of aryl methyl sites for hydroxylation is 1. The summed E-state index contributed by atoms with van der Waals surface area (Å²) in [5.41, 5.74) is 1.57. The number of thioether (sulfide) groups is 1. The second-order valence-electron chi connectivity index (χ2n) is 6.01. The number of para-hydroxylation sites is 1. The summed E-state index contributed by atoms with van der Waals surface area (Å²) < 4.78 is 7.23. The number of ether oxygens (including phenoxy) is 1. The third-order valence-electron chi connectivity index (χ3n) is 4.01. The van der Waals surface area contributed by atoms with E-state index in [9.17, 15) is 10.1 Å². The molecule has 148 valence electrons. The fourth-order valence-electron chi connectivity index (χ4n) is 2.72. The van der Waals surface area contributed by atoms with E-state index in [1.807, 2.05) is 41.8 Å². The Labute approximate surface area is 177 Å². The van der Waals surface area contributed by atoms with Crippen molar-refractivity contribution in [2.75, 3.05) is 13.2 Å². The lowest BCUT2D eigenvalue weighted by atomic mass is 10.1. The van der Waals surface area contributed by atoms with Crippen molar-refractivity contribution >= 4 is 23.4 Å². The van der Waals surface area contributed by atoms with Crippen molar-refractivity contribution in [1.82, 2.24) is 14.8 Å². The van der Waals surface area contributed by atoms with Crippen LogP contribution in [0.1, 0.15) is 16.6 Å². The molecule has 0 fully saturated rings. The molecule has 0 amide bonds. The highest BCUT2D eigenvalue weighted by atomic mass is 35.5. The highest BCUT2D eigenvalue weighted by Crippen LogP contribution is 2.38. The molecule has 0 spiro atoms. The van der Waals surface area contributed by atoms with Gasteiger partial charge in [0.2, 0.25) is 6.54 Å². The molecule has 0 radical (unpaired) electrons. The number of rotatable bonds is 8. The molecule has 0 aliphatic heterocycles. The third-order valence-corrected chi connectivity index (χ3v) is 5.49. The molecular formula is C20H17ClN4O3S. The molecule has 9 heteroatoms. The first-order valence-electron chi connectivity index (χ1n) is 8.61. The van der Waals surface area contributed by atoms with Gasteiger partial charge in [0, 0.05) is 10.6 Å². The molecule has 0 saturated carbocycles. The lowest BCUT2D eigenvalue weighted by Crippen LogP contribution is -2.11. The van der Waals surface area contributed by atoms with Gasteiger partial charge in [-0.05, 0) is 36.8 Å². The van der Waals surface area contributed by atoms with E-state index in [0.29, 0.717) is 27.3 Å². The van der Waals surface area contributed by atoms with Gasteiger partial charge in [-0.1, -0.05) is 53.5 Å². The van der Waals surface area contributed by atoms with E-state index in [-0.39, 0.29) is 18.1 Å². The standard InChI is InChI=1S/C20H17ClN4O3S/c1-3-11-28-18-10-9-15(12-17(18)21)19(13-24(26)27)29-20-23-22-14(2)25(20)16-7-5-4-6-8-16/h1,4-10,12,19H,11,13H2,2H3/t19-/m1/s1. The lowest BCUT2D eigenvalue weighted by Gasteiger charge is -2.15. The third kappa shape index (κ3) is 5.08. The first kappa shape index (κ1) is 20.7. The predicted octanol–water partition coefficient (Wildman–Crippen LogP) is 4.35. The molecule has 3 aromatic rings. The van der Waals surface area contributed by atoms with Crippen LogP contribution in [0.5, 0.6) is 5.75 Å². The Kier molecular flexibility index (Phi) is 6.75. The van der Waals surface area contributed by atoms with Gasteiger partial charge in [-0.2, -0.15) is 0 Å². The number of nitrogens with zero attached hydrogens (tertiary/aromatic N) is 4. The fourth-order valence-corrected chi connectivity index (χ4v) is 4.13. The van der Waals surface area contributed by atoms with Crippen molar-refractivity contribution in [1.29, 1.82) is 0 Å². The minimum Gasteiger partial charge on any atom is -0.479 e. The normalized spacial score (nSPS) is 11.6. The van der Waals surface area contributed by atoms with Crippen molar-refractivity contribution in [3.63, 3.8) is 0 Å². The smallest absolute Gasteiger partial charge is 0.220 e. The van der Waals surface area contributed by atoms with E-state index >= 15 is 0 Å². The average molecular weight is 429 g/mol. The molecular weight excluding hydrogens is 412 g/mol. The molecule has 7 nitrogen and oxygen atoms in total. The average Bonchev–Trinajstić information content (AvgIpc) is 3.07. The summed E-state index contributed by atoms with van der Waals surface area (Å²) in [6, 6.07) is 14.7. The highest BCUT2D eigenvalue weighted by molar-refractivity contribution is 7.99. The summed E-state index contributed by atoms with van der Waals surface area (Å²) in [7, 11) is 0. The lowest BCUT2D eigenvalue weighted by molar-refractivity contribution is -0.479. The quantitative estimate of drug-likeness (QED) is 0.229. The van der Waals surface area contributed by atoms with Crippen LogP contribution in [0.25, 0.3) is 5.69 Å². The van der Waals surface area contributed by atoms with E-state index in [4.69, 9.17) is 22.8 Å². The molecule has 0 aliphatic carbocycles. The molecule has 3 rings (SSSR count). The Morgan fingerprint density at radius 2 is 2.07 bits per heavy atom. The van der Waals surface area contributed by atoms with Gasteiger partial charge < -0.3 is 4.74 Å². The van der Waals surface area contributed by atoms with Gasteiger partial charge in [0.25, 0.3) is 0 Å². The summed E-state index contributed by atoms with van der Waals surface area (Å²) in [4.78, 5) is 10.9. The van der Waals surface area contributed by atoms with E-state index < -0.39 is 5.25 Å². The number of terminal acetylenes is 1. The van der Waals surface area contributed by atoms with Gasteiger partial charge in [-0.15, -0.1) is 16.6 Å². The Morgan fingerprint density at radius 3 is 2.72 bits per heavy atom. The van der Waals surface area contributed by atoms with Crippen molar-refractivity contribution < 1.29 is 9.66 Å². The van der Waals surface area contributed by atoms with E-state index in [1.165, 1.54) is 11.8 Å². The number of aromatic nitrogens is 3. The summed E-state index contributed by atoms with van der Waals surface area (Å²) in [6.07, 6.45) is 5.20. The molecule has 29 heavy (non-hydrogen) atoms. The first-order valence-corrected chi connectivity index (χ1v) is 9.87. The molecule has 1 heterocycles. The van der Waals surface area contributed by atoms with E-state index in [1.54, 1.807) is 18.2 Å². The highest BCUT2D eigenvalue weighted by Gasteiger charge is 2.24. The number of nitro groups is 1. The molecule has 0 unspecified atom stereocenters. The van der Waals surface area contributed by atoms with Crippen LogP contribution in [0.2, 0.25) is 5.02 Å². The number of halogens is 1. The number of hydrogen-bond donors (Lipinski definition) is 0. The fraction of sp³-hybridized carbons (Fsp3) is 0.200. The zero-order valence-electron chi connectivity index (χ0n) is 15.5. The Balaban J connectivity index is 1.93. The number of benzene rings is 2. The molecule has 2 aromatic carbocycles. The summed E-state index contributed by atoms with van der Waals surface area (Å²) in [6.45, 7) is 1.62. The van der Waals surface area contributed by atoms with Crippen LogP contribution in [0.15, 0.2) is 53.7 Å². The zero-order valence-corrected chi connectivity index (χ0v) is 17.1. The predicted molar refractivity (Wildman–Crippen MR) is 112 cm³/mol. The van der Waals surface area contributed by atoms with E-state index in [0.717, 1.165) is 5.69 Å². The van der Waals surface area contributed by atoms with Crippen LogP contribution in [-0.2, 0) is 0 Å². The van der Waals surface area contributed by atoms with Gasteiger partial charge >= 0.3 is 0 Å². The summed E-state index contributed by atoms with van der Waals surface area (Å²) >= 11 is 7.53. The maximum Gasteiger partial charge on any atom is 0.220 e. The van der Waals surface area contributed by atoms with Crippen LogP contribution in [0.3, 0.4) is 0 Å². The van der Waals surface area contributed by atoms with Crippen LogP contribution < -0.4 is 4.74 Å². The molecule has 0 aliphatic rings. The Hall–Kier alpha value is -3.02. The Morgan fingerprint density at radius 1 is 1.31 bits per heavy atom. The second-order valence-corrected chi connectivity index (χ2v) is 7.58. The molecule has 1 aromatic heterocycles. The minimum atomic E-state index is -0.518. The Bertz CT molecular complexity index is 1050. The van der Waals surface area contributed by atoms with Gasteiger partial charge in [-0.25, -0.2) is 0 Å². The first-order chi connectivity index (χ1) is 14.0. The topological polar surface area (TPSA) is 83.1 Å². The largest absolute Gasteiger partial charge is 0.479 e. The van der Waals surface area contributed by atoms with Crippen LogP contribution in [-0.4, -0.2) is 32.8 Å². The van der Waals surface area contributed by atoms with Gasteiger partial charge in [-0.3, -0.25) is 14.7 Å². The molecule has 0 saturated heterocycles. The molecule has 1 atom stereocenters. The van der Waals surface area contributed by atoms with Crippen LogP contribution >= 0.6 is 23.4 Å². The van der Waals surface area contributed by atoms with Gasteiger partial charge in [0.15, 0.2) is 5.16 Å². The zero-order chi connectivity index (χ0) is 20.8. The van der Waals surface area contributed by atoms with Gasteiger partial charge in [0.1, 0.15) is 23.4 Å². The van der Waals surface area contributed by atoms with Crippen LogP contribution in [0, 0.1) is 29.4 Å². The van der Waals surface area contributed by atoms with Crippen molar-refractivity contribution in [3.05, 3.63) is 75.1 Å². The monoisotopic (exact) mass is 428 g/mol. The van der Waals surface area contributed by atoms with Crippen molar-refractivity contribution in [2.45, 2.75) is 17.3 Å². The minimum absolute atomic E-state index is 0.0889. The van der Waals surface area contributed by atoms with Gasteiger partial charge in [0.05, 0.1) is 5.02 Å². The van der Waals surface area contributed by atoms with E-state index in [2.05, 4.69) is 16.1 Å². The van der Waals surface area contributed by atoms with Crippen LogP contribution in [0.4, 0.5) is 0 Å². The SMILES string of the molecule is C#CCOc1ccc([C@@H](C[N+](=O)[O-])Sc2nnc(C)n2-c2ccccc2)cc1Cl. The van der Waals surface area contributed by atoms with Crippen molar-refractivity contribution in [3.8, 4) is 23.8 Å².